The number of hydrogen-bond donors (Lipinski definition) is 2. The van der Waals surface area contributed by atoms with E-state index >= 15 is 0 Å². The number of benzene rings is 2. The second-order valence-electron chi connectivity index (χ2n) is 7.00. The average Bonchev–Trinajstić information content (AvgIpc) is 2.48. The summed E-state index contributed by atoms with van der Waals surface area (Å²) in [4.78, 5) is 24.9. The summed E-state index contributed by atoms with van der Waals surface area (Å²) in [5.41, 5.74) is 3.37. The van der Waals surface area contributed by atoms with Crippen LogP contribution in [-0.4, -0.2) is 17.4 Å². The number of amides is 2. The fraction of sp³-hybridized carbons (Fsp3) is 0.300. The monoisotopic (exact) mass is 324 g/mol. The summed E-state index contributed by atoms with van der Waals surface area (Å²) in [6.45, 7) is 9.73. The van der Waals surface area contributed by atoms with E-state index in [1.807, 2.05) is 46.8 Å². The van der Waals surface area contributed by atoms with Gasteiger partial charge in [0.05, 0.1) is 11.3 Å². The number of hydrogen-bond acceptors (Lipinski definition) is 2. The molecule has 0 aromatic heterocycles. The predicted molar refractivity (Wildman–Crippen MR) is 97.5 cm³/mol. The van der Waals surface area contributed by atoms with Crippen LogP contribution in [0, 0.1) is 13.8 Å². The maximum absolute atomic E-state index is 12.5. The SMILES string of the molecule is Cc1ccc(C(=O)Nc2ccccc2C(=O)NC(C)(C)C)cc1C. The van der Waals surface area contributed by atoms with E-state index in [0.29, 0.717) is 16.8 Å². The molecule has 0 bridgehead atoms. The molecule has 4 nitrogen and oxygen atoms in total. The van der Waals surface area contributed by atoms with Crippen LogP contribution >= 0.6 is 0 Å². The molecule has 0 saturated carbocycles. The van der Waals surface area contributed by atoms with Gasteiger partial charge in [0.25, 0.3) is 11.8 Å². The van der Waals surface area contributed by atoms with Crippen LogP contribution in [0.3, 0.4) is 0 Å². The van der Waals surface area contributed by atoms with Gasteiger partial charge in [-0.05, 0) is 70.0 Å². The van der Waals surface area contributed by atoms with Crippen molar-refractivity contribution in [1.82, 2.24) is 5.32 Å². The average molecular weight is 324 g/mol. The van der Waals surface area contributed by atoms with Crippen molar-refractivity contribution >= 4 is 17.5 Å². The van der Waals surface area contributed by atoms with E-state index in [4.69, 9.17) is 0 Å². The van der Waals surface area contributed by atoms with Crippen LogP contribution in [0.2, 0.25) is 0 Å². The highest BCUT2D eigenvalue weighted by molar-refractivity contribution is 6.09. The molecular formula is C20H24N2O2. The number of carbonyl (C=O) groups excluding carboxylic acids is 2. The number of carbonyl (C=O) groups is 2. The summed E-state index contributed by atoms with van der Waals surface area (Å²) in [5, 5.41) is 5.76. The van der Waals surface area contributed by atoms with Crippen molar-refractivity contribution in [3.05, 3.63) is 64.7 Å². The summed E-state index contributed by atoms with van der Waals surface area (Å²) in [7, 11) is 0. The third-order valence-corrected chi connectivity index (χ3v) is 3.68. The number of anilines is 1. The molecule has 0 heterocycles. The molecule has 0 aliphatic carbocycles. The Kier molecular flexibility index (Phi) is 5.07. The third kappa shape index (κ3) is 4.44. The summed E-state index contributed by atoms with van der Waals surface area (Å²) < 4.78 is 0. The molecule has 0 aliphatic heterocycles. The highest BCUT2D eigenvalue weighted by Crippen LogP contribution is 2.18. The normalized spacial score (nSPS) is 11.0. The lowest BCUT2D eigenvalue weighted by Crippen LogP contribution is -2.40. The van der Waals surface area contributed by atoms with Crippen LogP contribution in [-0.2, 0) is 0 Å². The lowest BCUT2D eigenvalue weighted by Gasteiger charge is -2.21. The van der Waals surface area contributed by atoms with Gasteiger partial charge in [0.15, 0.2) is 0 Å². The maximum atomic E-state index is 12.5. The first-order valence-corrected chi connectivity index (χ1v) is 7.97. The van der Waals surface area contributed by atoms with Crippen LogP contribution in [0.5, 0.6) is 0 Å². The zero-order chi connectivity index (χ0) is 17.9. The summed E-state index contributed by atoms with van der Waals surface area (Å²) in [6.07, 6.45) is 0. The molecule has 4 heteroatoms. The standard InChI is InChI=1S/C20H24N2O2/c1-13-10-11-15(12-14(13)2)18(23)21-17-9-7-6-8-16(17)19(24)22-20(3,4)5/h6-12H,1-5H3,(H,21,23)(H,22,24). The molecule has 2 aromatic rings. The van der Waals surface area contributed by atoms with Gasteiger partial charge in [-0.15, -0.1) is 0 Å². The van der Waals surface area contributed by atoms with Crippen LogP contribution in [0.4, 0.5) is 5.69 Å². The number of rotatable bonds is 3. The van der Waals surface area contributed by atoms with Gasteiger partial charge in [-0.1, -0.05) is 18.2 Å². The van der Waals surface area contributed by atoms with E-state index in [2.05, 4.69) is 10.6 Å². The highest BCUT2D eigenvalue weighted by atomic mass is 16.2. The zero-order valence-corrected chi connectivity index (χ0v) is 14.9. The lowest BCUT2D eigenvalue weighted by molar-refractivity contribution is 0.0920. The smallest absolute Gasteiger partial charge is 0.255 e. The molecule has 24 heavy (non-hydrogen) atoms. The molecule has 0 unspecified atom stereocenters. The Bertz CT molecular complexity index is 773. The number of para-hydroxylation sites is 1. The largest absolute Gasteiger partial charge is 0.347 e. The van der Waals surface area contributed by atoms with Gasteiger partial charge in [-0.25, -0.2) is 0 Å². The Balaban J connectivity index is 2.25. The molecule has 0 atom stereocenters. The van der Waals surface area contributed by atoms with Gasteiger partial charge in [-0.2, -0.15) is 0 Å². The highest BCUT2D eigenvalue weighted by Gasteiger charge is 2.19. The van der Waals surface area contributed by atoms with E-state index < -0.39 is 0 Å². The molecule has 126 valence electrons. The summed E-state index contributed by atoms with van der Waals surface area (Å²) >= 11 is 0. The topological polar surface area (TPSA) is 58.2 Å². The lowest BCUT2D eigenvalue weighted by atomic mass is 10.0. The molecule has 0 radical (unpaired) electrons. The van der Waals surface area contributed by atoms with Crippen molar-refractivity contribution in [3.8, 4) is 0 Å². The van der Waals surface area contributed by atoms with Gasteiger partial charge in [0.2, 0.25) is 0 Å². The van der Waals surface area contributed by atoms with Gasteiger partial charge >= 0.3 is 0 Å². The molecule has 2 rings (SSSR count). The fourth-order valence-corrected chi connectivity index (χ4v) is 2.28. The fourth-order valence-electron chi connectivity index (χ4n) is 2.28. The van der Waals surface area contributed by atoms with Crippen LogP contribution in [0.15, 0.2) is 42.5 Å². The van der Waals surface area contributed by atoms with Crippen molar-refractivity contribution < 1.29 is 9.59 Å². The molecular weight excluding hydrogens is 300 g/mol. The van der Waals surface area contributed by atoms with E-state index in [9.17, 15) is 9.59 Å². The first kappa shape index (κ1) is 17.7. The quantitative estimate of drug-likeness (QED) is 0.893. The Labute approximate surface area is 143 Å². The van der Waals surface area contributed by atoms with Crippen molar-refractivity contribution in [2.24, 2.45) is 0 Å². The molecule has 2 amide bonds. The number of nitrogens with one attached hydrogen (secondary N) is 2. The predicted octanol–water partition coefficient (Wildman–Crippen LogP) is 4.08. The van der Waals surface area contributed by atoms with E-state index in [0.717, 1.165) is 11.1 Å². The molecule has 2 aromatic carbocycles. The Hall–Kier alpha value is -2.62. The first-order chi connectivity index (χ1) is 11.2. The second kappa shape index (κ2) is 6.87. The Morgan fingerprint density at radius 2 is 1.54 bits per heavy atom. The van der Waals surface area contributed by atoms with Gasteiger partial charge < -0.3 is 10.6 Å². The van der Waals surface area contributed by atoms with Crippen LogP contribution in [0.25, 0.3) is 0 Å². The van der Waals surface area contributed by atoms with Crippen molar-refractivity contribution in [1.29, 1.82) is 0 Å². The van der Waals surface area contributed by atoms with E-state index in [-0.39, 0.29) is 17.4 Å². The van der Waals surface area contributed by atoms with Crippen LogP contribution in [0.1, 0.15) is 52.6 Å². The van der Waals surface area contributed by atoms with Gasteiger partial charge in [0.1, 0.15) is 0 Å². The summed E-state index contributed by atoms with van der Waals surface area (Å²) in [5.74, 6) is -0.437. The third-order valence-electron chi connectivity index (χ3n) is 3.68. The van der Waals surface area contributed by atoms with Crippen molar-refractivity contribution in [3.63, 3.8) is 0 Å². The summed E-state index contributed by atoms with van der Waals surface area (Å²) in [6, 6.07) is 12.6. The minimum absolute atomic E-state index is 0.210. The zero-order valence-electron chi connectivity index (χ0n) is 14.9. The van der Waals surface area contributed by atoms with E-state index in [1.54, 1.807) is 30.3 Å². The van der Waals surface area contributed by atoms with Crippen LogP contribution < -0.4 is 10.6 Å². The molecule has 0 aliphatic rings. The molecule has 0 saturated heterocycles. The molecule has 0 fully saturated rings. The first-order valence-electron chi connectivity index (χ1n) is 7.97. The van der Waals surface area contributed by atoms with Gasteiger partial charge in [-0.3, -0.25) is 9.59 Å². The number of aryl methyl sites for hydroxylation is 2. The second-order valence-corrected chi connectivity index (χ2v) is 7.00. The van der Waals surface area contributed by atoms with Gasteiger partial charge in [0, 0.05) is 11.1 Å². The molecule has 2 N–H and O–H groups in total. The molecule has 0 spiro atoms. The Morgan fingerprint density at radius 1 is 0.875 bits per heavy atom. The van der Waals surface area contributed by atoms with Crippen molar-refractivity contribution in [2.45, 2.75) is 40.2 Å². The van der Waals surface area contributed by atoms with E-state index in [1.165, 1.54) is 0 Å². The minimum Gasteiger partial charge on any atom is -0.347 e. The van der Waals surface area contributed by atoms with Crippen molar-refractivity contribution in [2.75, 3.05) is 5.32 Å². The minimum atomic E-state index is -0.345. The maximum Gasteiger partial charge on any atom is 0.255 e. The Morgan fingerprint density at radius 3 is 2.17 bits per heavy atom.